The van der Waals surface area contributed by atoms with Crippen LogP contribution in [0, 0.1) is 0 Å². The molecule has 1 aromatic heterocycles. The summed E-state index contributed by atoms with van der Waals surface area (Å²) in [4.78, 5) is 41.6. The number of nitrogens with one attached hydrogen (secondary N) is 2. The lowest BCUT2D eigenvalue weighted by molar-refractivity contribution is 0.0940. The van der Waals surface area contributed by atoms with Gasteiger partial charge in [-0.2, -0.15) is 0 Å². The third-order valence-electron chi connectivity index (χ3n) is 4.35. The Morgan fingerprint density at radius 3 is 1.73 bits per heavy atom. The van der Waals surface area contributed by atoms with E-state index in [9.17, 15) is 14.4 Å². The van der Waals surface area contributed by atoms with E-state index in [2.05, 4.69) is 15.3 Å². The monoisotopic (exact) mass is 453 g/mol. The van der Waals surface area contributed by atoms with Crippen molar-refractivity contribution in [3.05, 3.63) is 87.6 Å². The first-order valence-electron chi connectivity index (χ1n) is 10.7. The molecule has 33 heavy (non-hydrogen) atoms. The molecule has 3 aromatic rings. The molecule has 0 spiro atoms. The van der Waals surface area contributed by atoms with Crippen LogP contribution in [0.2, 0.25) is 0 Å². The van der Waals surface area contributed by atoms with Gasteiger partial charge in [-0.15, -0.1) is 0 Å². The molecule has 176 valence electrons. The van der Waals surface area contributed by atoms with Crippen LogP contribution in [0.1, 0.15) is 65.8 Å². The van der Waals surface area contributed by atoms with E-state index in [0.717, 1.165) is 17.3 Å². The fraction of sp³-hybridized carbons (Fsp3) is 0.280. The predicted octanol–water partition coefficient (Wildman–Crippen LogP) is 4.17. The number of nitrogens with zero attached hydrogens (tertiary/aromatic N) is 1. The second kappa shape index (κ2) is 14.2. The van der Waals surface area contributed by atoms with Crippen molar-refractivity contribution >= 4 is 12.2 Å². The number of ether oxygens (including phenoxy) is 2. The molecule has 3 rings (SSSR count). The lowest BCUT2D eigenvalue weighted by atomic mass is 9.98. The van der Waals surface area contributed by atoms with E-state index >= 15 is 0 Å². The first kappa shape index (κ1) is 27.1. The molecular formula is C25H31N3O5. The summed E-state index contributed by atoms with van der Waals surface area (Å²) in [6, 6.07) is 13.9. The van der Waals surface area contributed by atoms with Crippen molar-refractivity contribution in [1.29, 1.82) is 0 Å². The maximum atomic E-state index is 12.8. The van der Waals surface area contributed by atoms with Crippen LogP contribution in [-0.2, 0) is 0 Å². The lowest BCUT2D eigenvalue weighted by Gasteiger charge is -2.20. The second-order valence-corrected chi connectivity index (χ2v) is 6.08. The SMILES string of the molecule is CC.CC.COc1ccc(C(NC(=O)c2cnc(C=O)[nH]c2=O)c2ccc(OC)cc2)cc1. The standard InChI is InChI=1S/C21H19N3O5.2C2H6/c1-28-15-7-3-13(4-8-15)19(14-5-9-16(29-2)10-6-14)24-21(27)17-11-22-18(12-25)23-20(17)26;2*1-2/h3-12,19H,1-2H3,(H,24,27)(H,22,23,26);2*1-2H3. The third kappa shape index (κ3) is 7.31. The highest BCUT2D eigenvalue weighted by atomic mass is 16.5. The van der Waals surface area contributed by atoms with E-state index in [4.69, 9.17) is 9.47 Å². The van der Waals surface area contributed by atoms with Crippen LogP contribution in [-0.4, -0.2) is 36.4 Å². The van der Waals surface area contributed by atoms with Gasteiger partial charge in [0.15, 0.2) is 12.1 Å². The Balaban J connectivity index is 0.00000129. The number of aromatic nitrogens is 2. The molecule has 8 heteroatoms. The Labute approximate surface area is 194 Å². The Hall–Kier alpha value is -3.94. The maximum absolute atomic E-state index is 12.8. The number of benzene rings is 2. The molecule has 0 atom stereocenters. The number of hydrogen-bond donors (Lipinski definition) is 2. The molecule has 0 radical (unpaired) electrons. The largest absolute Gasteiger partial charge is 0.497 e. The molecule has 0 bridgehead atoms. The minimum Gasteiger partial charge on any atom is -0.497 e. The number of H-pyrrole nitrogens is 1. The number of amides is 1. The number of carbonyl (C=O) groups is 2. The molecule has 2 N–H and O–H groups in total. The number of carbonyl (C=O) groups excluding carboxylic acids is 2. The van der Waals surface area contributed by atoms with Crippen LogP contribution < -0.4 is 20.3 Å². The normalized spacial score (nSPS) is 9.55. The highest BCUT2D eigenvalue weighted by Gasteiger charge is 2.20. The lowest BCUT2D eigenvalue weighted by Crippen LogP contribution is -2.34. The average Bonchev–Trinajstić information content (AvgIpc) is 2.89. The molecule has 0 aliphatic rings. The van der Waals surface area contributed by atoms with Crippen LogP contribution in [0.3, 0.4) is 0 Å². The Kier molecular flexibility index (Phi) is 11.6. The van der Waals surface area contributed by atoms with Gasteiger partial charge in [-0.1, -0.05) is 52.0 Å². The Morgan fingerprint density at radius 2 is 1.36 bits per heavy atom. The van der Waals surface area contributed by atoms with Crippen molar-refractivity contribution in [2.24, 2.45) is 0 Å². The molecule has 0 aliphatic carbocycles. The fourth-order valence-electron chi connectivity index (χ4n) is 2.79. The van der Waals surface area contributed by atoms with Gasteiger partial charge >= 0.3 is 0 Å². The summed E-state index contributed by atoms with van der Waals surface area (Å²) in [5, 5.41) is 2.85. The molecule has 0 unspecified atom stereocenters. The summed E-state index contributed by atoms with van der Waals surface area (Å²) >= 11 is 0. The highest BCUT2D eigenvalue weighted by molar-refractivity contribution is 5.94. The van der Waals surface area contributed by atoms with Crippen LogP contribution in [0.4, 0.5) is 0 Å². The van der Waals surface area contributed by atoms with Crippen molar-refractivity contribution in [2.75, 3.05) is 14.2 Å². The fourth-order valence-corrected chi connectivity index (χ4v) is 2.79. The van der Waals surface area contributed by atoms with E-state index in [-0.39, 0.29) is 11.4 Å². The zero-order valence-electron chi connectivity index (χ0n) is 19.8. The molecule has 2 aromatic carbocycles. The van der Waals surface area contributed by atoms with E-state index in [1.54, 1.807) is 38.5 Å². The van der Waals surface area contributed by atoms with Crippen molar-refractivity contribution in [1.82, 2.24) is 15.3 Å². The van der Waals surface area contributed by atoms with Crippen molar-refractivity contribution in [3.8, 4) is 11.5 Å². The predicted molar refractivity (Wildman–Crippen MR) is 128 cm³/mol. The number of hydrogen-bond acceptors (Lipinski definition) is 6. The van der Waals surface area contributed by atoms with Crippen LogP contribution in [0.15, 0.2) is 59.5 Å². The first-order chi connectivity index (χ1) is 16.0. The van der Waals surface area contributed by atoms with Gasteiger partial charge in [0.1, 0.15) is 17.1 Å². The molecular weight excluding hydrogens is 422 g/mol. The quantitative estimate of drug-likeness (QED) is 0.520. The summed E-state index contributed by atoms with van der Waals surface area (Å²) in [6.07, 6.45) is 1.48. The van der Waals surface area contributed by atoms with Crippen LogP contribution in [0.5, 0.6) is 11.5 Å². The van der Waals surface area contributed by atoms with Gasteiger partial charge in [-0.25, -0.2) is 4.98 Å². The van der Waals surface area contributed by atoms with Gasteiger partial charge in [-0.3, -0.25) is 14.4 Å². The third-order valence-corrected chi connectivity index (χ3v) is 4.35. The second-order valence-electron chi connectivity index (χ2n) is 6.08. The van der Waals surface area contributed by atoms with Crippen molar-refractivity contribution in [3.63, 3.8) is 0 Å². The van der Waals surface area contributed by atoms with Crippen molar-refractivity contribution in [2.45, 2.75) is 33.7 Å². The number of aldehydes is 1. The Bertz CT molecular complexity index is 1010. The van der Waals surface area contributed by atoms with Gasteiger partial charge < -0.3 is 19.8 Å². The highest BCUT2D eigenvalue weighted by Crippen LogP contribution is 2.26. The summed E-state index contributed by atoms with van der Waals surface area (Å²) in [6.45, 7) is 8.00. The number of methoxy groups -OCH3 is 2. The maximum Gasteiger partial charge on any atom is 0.264 e. The molecule has 0 aliphatic heterocycles. The van der Waals surface area contributed by atoms with E-state index in [1.165, 1.54) is 0 Å². The Morgan fingerprint density at radius 1 is 0.909 bits per heavy atom. The summed E-state index contributed by atoms with van der Waals surface area (Å²) in [5.74, 6) is 0.596. The first-order valence-corrected chi connectivity index (χ1v) is 10.7. The van der Waals surface area contributed by atoms with Crippen LogP contribution >= 0.6 is 0 Å². The van der Waals surface area contributed by atoms with Gasteiger partial charge in [0.25, 0.3) is 11.5 Å². The van der Waals surface area contributed by atoms with Gasteiger partial charge in [0.05, 0.1) is 20.3 Å². The molecule has 0 saturated carbocycles. The van der Waals surface area contributed by atoms with E-state index in [0.29, 0.717) is 17.8 Å². The van der Waals surface area contributed by atoms with E-state index in [1.807, 2.05) is 52.0 Å². The van der Waals surface area contributed by atoms with Gasteiger partial charge in [-0.05, 0) is 35.4 Å². The minimum atomic E-state index is -0.692. The van der Waals surface area contributed by atoms with Gasteiger partial charge in [0.2, 0.25) is 0 Å². The molecule has 8 nitrogen and oxygen atoms in total. The molecule has 1 amide bonds. The van der Waals surface area contributed by atoms with Crippen molar-refractivity contribution < 1.29 is 19.1 Å². The minimum absolute atomic E-state index is 0.145. The smallest absolute Gasteiger partial charge is 0.264 e. The zero-order valence-corrected chi connectivity index (χ0v) is 19.8. The topological polar surface area (TPSA) is 110 Å². The number of rotatable bonds is 7. The molecule has 0 fully saturated rings. The summed E-state index contributed by atoms with van der Waals surface area (Å²) in [7, 11) is 3.14. The molecule has 0 saturated heterocycles. The summed E-state index contributed by atoms with van der Waals surface area (Å²) in [5.41, 5.74) is 0.696. The van der Waals surface area contributed by atoms with Crippen LogP contribution in [0.25, 0.3) is 0 Å². The number of aromatic amines is 1. The zero-order chi connectivity index (χ0) is 24.8. The van der Waals surface area contributed by atoms with Gasteiger partial charge in [0, 0.05) is 6.20 Å². The summed E-state index contributed by atoms with van der Waals surface area (Å²) < 4.78 is 10.4. The average molecular weight is 454 g/mol. The molecule has 1 heterocycles. The van der Waals surface area contributed by atoms with E-state index < -0.39 is 17.5 Å².